The van der Waals surface area contributed by atoms with E-state index in [4.69, 9.17) is 23.7 Å². The van der Waals surface area contributed by atoms with Crippen LogP contribution >= 0.6 is 0 Å². The average molecular weight is 613 g/mol. The predicted octanol–water partition coefficient (Wildman–Crippen LogP) is 2.37. The van der Waals surface area contributed by atoms with Crippen LogP contribution in [0.5, 0.6) is 0 Å². The lowest BCUT2D eigenvalue weighted by Crippen LogP contribution is -2.76. The summed E-state index contributed by atoms with van der Waals surface area (Å²) in [4.78, 5) is 64.4. The number of epoxide rings is 1. The number of allylic oxidation sites excluding steroid dienone is 1. The van der Waals surface area contributed by atoms with Gasteiger partial charge in [0.2, 0.25) is 0 Å². The maximum Gasteiger partial charge on any atom is 0.342 e. The fraction of sp³-hybridized carbons (Fsp3) is 0.727. The summed E-state index contributed by atoms with van der Waals surface area (Å²) < 4.78 is 29.9. The van der Waals surface area contributed by atoms with Gasteiger partial charge in [0, 0.05) is 52.6 Å². The quantitative estimate of drug-likeness (QED) is 0.164. The predicted molar refractivity (Wildman–Crippen MR) is 149 cm³/mol. The molecule has 6 fully saturated rings. The van der Waals surface area contributed by atoms with Crippen molar-refractivity contribution in [3.05, 3.63) is 23.3 Å². The summed E-state index contributed by atoms with van der Waals surface area (Å²) in [5.41, 5.74) is -4.13. The summed E-state index contributed by atoms with van der Waals surface area (Å²) in [5, 5.41) is 12.5. The van der Waals surface area contributed by atoms with Gasteiger partial charge in [-0.3, -0.25) is 9.59 Å². The molecule has 2 saturated heterocycles. The Hall–Kier alpha value is -2.89. The lowest BCUT2D eigenvalue weighted by atomic mass is 9.34. The van der Waals surface area contributed by atoms with E-state index >= 15 is 0 Å². The SMILES string of the molecule is C/C=C(\C)C(=O)O[C@H]1C[C@@H](OC(C)=O)[C@@]2(C)CO[C@@H]3C2[C@@]1(C)[C@H]1CC[C@]2(C)[C@H](C4=CC(=O)OC4=O)C(=O)[C@H]4O[C@]42[C@]1(C)[C@@H]3O. The zero-order valence-corrected chi connectivity index (χ0v) is 26.1. The Morgan fingerprint density at radius 2 is 1.77 bits per heavy atom. The molecule has 1 N–H and O–H groups in total. The smallest absolute Gasteiger partial charge is 0.342 e. The van der Waals surface area contributed by atoms with E-state index in [1.54, 1.807) is 19.9 Å². The monoisotopic (exact) mass is 612 g/mol. The first kappa shape index (κ1) is 29.8. The minimum absolute atomic E-state index is 0.0364. The molecule has 0 amide bonds. The molecule has 13 atom stereocenters. The van der Waals surface area contributed by atoms with E-state index < -0.39 is 87.6 Å². The number of fused-ring (bicyclic) bond motifs is 2. The highest BCUT2D eigenvalue weighted by molar-refractivity contribution is 6.14. The van der Waals surface area contributed by atoms with Crippen molar-refractivity contribution < 1.29 is 52.8 Å². The van der Waals surface area contributed by atoms with E-state index in [1.165, 1.54) is 6.92 Å². The molecule has 11 nitrogen and oxygen atoms in total. The Morgan fingerprint density at radius 3 is 2.39 bits per heavy atom. The topological polar surface area (TPSA) is 155 Å². The van der Waals surface area contributed by atoms with Crippen LogP contribution in [0.2, 0.25) is 0 Å². The molecule has 0 aromatic carbocycles. The van der Waals surface area contributed by atoms with Gasteiger partial charge in [0.1, 0.15) is 23.9 Å². The summed E-state index contributed by atoms with van der Waals surface area (Å²) in [6.07, 6.45) is -0.0185. The molecule has 1 unspecified atom stereocenters. The third-order valence-corrected chi connectivity index (χ3v) is 13.3. The van der Waals surface area contributed by atoms with E-state index in [2.05, 4.69) is 6.92 Å². The maximum atomic E-state index is 14.0. The van der Waals surface area contributed by atoms with Gasteiger partial charge < -0.3 is 28.8 Å². The molecule has 0 aromatic heterocycles. The van der Waals surface area contributed by atoms with E-state index in [9.17, 15) is 29.1 Å². The molecule has 11 heteroatoms. The van der Waals surface area contributed by atoms with Crippen LogP contribution in [0.25, 0.3) is 0 Å². The molecule has 4 saturated carbocycles. The number of hydrogen-bond donors (Lipinski definition) is 1. The molecule has 44 heavy (non-hydrogen) atoms. The van der Waals surface area contributed by atoms with Crippen molar-refractivity contribution in [2.75, 3.05) is 6.61 Å². The van der Waals surface area contributed by atoms with Crippen molar-refractivity contribution in [2.45, 2.75) is 104 Å². The Bertz CT molecular complexity index is 1480. The maximum absolute atomic E-state index is 14.0. The molecular weight excluding hydrogens is 572 g/mol. The third-order valence-electron chi connectivity index (χ3n) is 13.3. The van der Waals surface area contributed by atoms with Crippen molar-refractivity contribution in [2.24, 2.45) is 39.4 Å². The lowest BCUT2D eigenvalue weighted by molar-refractivity contribution is -0.294. The molecular formula is C33H40O11. The number of carbonyl (C=O) groups is 5. The highest BCUT2D eigenvalue weighted by Gasteiger charge is 2.92. The third kappa shape index (κ3) is 3.16. The summed E-state index contributed by atoms with van der Waals surface area (Å²) in [6.45, 7) is 13.0. The number of hydrogen-bond acceptors (Lipinski definition) is 11. The molecule has 0 aromatic rings. The van der Waals surface area contributed by atoms with Crippen molar-refractivity contribution in [3.63, 3.8) is 0 Å². The van der Waals surface area contributed by atoms with Crippen LogP contribution in [0.1, 0.15) is 67.7 Å². The molecule has 1 spiro atoms. The van der Waals surface area contributed by atoms with Gasteiger partial charge in [-0.05, 0) is 32.6 Å². The van der Waals surface area contributed by atoms with Crippen LogP contribution in [-0.2, 0) is 47.7 Å². The number of esters is 4. The van der Waals surface area contributed by atoms with Gasteiger partial charge in [-0.1, -0.05) is 33.8 Å². The van der Waals surface area contributed by atoms with Crippen LogP contribution in [0, 0.1) is 39.4 Å². The molecule has 3 heterocycles. The lowest BCUT2D eigenvalue weighted by Gasteiger charge is -2.70. The van der Waals surface area contributed by atoms with Crippen LogP contribution in [-0.4, -0.2) is 77.5 Å². The van der Waals surface area contributed by atoms with Crippen LogP contribution in [0.3, 0.4) is 0 Å². The molecule has 3 aliphatic heterocycles. The van der Waals surface area contributed by atoms with Gasteiger partial charge >= 0.3 is 23.9 Å². The average Bonchev–Trinajstić information content (AvgIpc) is 3.43. The number of carbonyl (C=O) groups excluding carboxylic acids is 5. The van der Waals surface area contributed by atoms with Gasteiger partial charge in [-0.25, -0.2) is 14.4 Å². The minimum atomic E-state index is -1.16. The van der Waals surface area contributed by atoms with Gasteiger partial charge in [0.05, 0.1) is 30.3 Å². The Labute approximate surface area is 255 Å². The van der Waals surface area contributed by atoms with Gasteiger partial charge in [-0.15, -0.1) is 0 Å². The van der Waals surface area contributed by atoms with E-state index in [-0.39, 0.29) is 36.2 Å². The highest BCUT2D eigenvalue weighted by Crippen LogP contribution is 2.82. The first-order chi connectivity index (χ1) is 20.5. The molecule has 238 valence electrons. The molecule has 4 aliphatic carbocycles. The standard InChI is InChI=1S/C33H40O11/c1-8-14(2)27(38)42-19-12-18(41-15(3)34)29(4)13-40-23-24(29)31(19,6)17-9-10-30(5)21(16-11-20(35)43-28(16)39)22(36)26-33(30,44-26)32(17,7)25(23)37/h8,11,17-19,21,23-26,37H,9-10,12-13H2,1-7H3/b14-8+/t17-,18-,19+,21-,23-,24?,25-,26-,29-,30-,31+,32+,33-/m1/s1. The number of cyclic esters (lactones) is 2. The number of aliphatic hydroxyl groups is 1. The summed E-state index contributed by atoms with van der Waals surface area (Å²) in [7, 11) is 0. The zero-order valence-electron chi connectivity index (χ0n) is 26.1. The first-order valence-corrected chi connectivity index (χ1v) is 15.5. The van der Waals surface area contributed by atoms with Gasteiger partial charge in [0.15, 0.2) is 5.78 Å². The van der Waals surface area contributed by atoms with Crippen molar-refractivity contribution in [1.82, 2.24) is 0 Å². The number of ketones is 1. The Balaban J connectivity index is 1.38. The van der Waals surface area contributed by atoms with Crippen molar-refractivity contribution in [1.29, 1.82) is 0 Å². The normalized spacial score (nSPS) is 51.9. The zero-order chi connectivity index (χ0) is 31.9. The second kappa shape index (κ2) is 8.88. The fourth-order valence-electron chi connectivity index (χ4n) is 11.4. The van der Waals surface area contributed by atoms with Crippen LogP contribution < -0.4 is 0 Å². The molecule has 0 bridgehead atoms. The van der Waals surface area contributed by atoms with E-state index in [1.807, 2.05) is 20.8 Å². The van der Waals surface area contributed by atoms with E-state index in [0.717, 1.165) is 6.08 Å². The van der Waals surface area contributed by atoms with Crippen LogP contribution in [0.4, 0.5) is 0 Å². The number of aliphatic hydroxyl groups excluding tert-OH is 1. The van der Waals surface area contributed by atoms with Gasteiger partial charge in [-0.2, -0.15) is 0 Å². The van der Waals surface area contributed by atoms with Crippen LogP contribution in [0.15, 0.2) is 23.3 Å². The number of Topliss-reactive ketones (excluding diaryl/α,β-unsaturated/α-hetero) is 1. The second-order valence-corrected chi connectivity index (χ2v) is 14.9. The van der Waals surface area contributed by atoms with Crippen molar-refractivity contribution in [3.8, 4) is 0 Å². The molecule has 0 radical (unpaired) electrons. The second-order valence-electron chi connectivity index (χ2n) is 14.9. The largest absolute Gasteiger partial charge is 0.462 e. The summed E-state index contributed by atoms with van der Waals surface area (Å²) in [6, 6.07) is 0. The van der Waals surface area contributed by atoms with Crippen molar-refractivity contribution >= 4 is 29.7 Å². The minimum Gasteiger partial charge on any atom is -0.462 e. The molecule has 7 rings (SSSR count). The van der Waals surface area contributed by atoms with Gasteiger partial charge in [0.25, 0.3) is 0 Å². The molecule has 7 aliphatic rings. The number of ether oxygens (including phenoxy) is 5. The Morgan fingerprint density at radius 1 is 1.07 bits per heavy atom. The Kier molecular flexibility index (Phi) is 6.02. The van der Waals surface area contributed by atoms with E-state index in [0.29, 0.717) is 18.4 Å². The summed E-state index contributed by atoms with van der Waals surface area (Å²) in [5.74, 6) is -4.43. The summed E-state index contributed by atoms with van der Waals surface area (Å²) >= 11 is 0. The highest BCUT2D eigenvalue weighted by atomic mass is 16.6. The number of rotatable bonds is 4. The fourth-order valence-corrected chi connectivity index (χ4v) is 11.4. The first-order valence-electron chi connectivity index (χ1n) is 15.5.